The minimum atomic E-state index is -0.146. The van der Waals surface area contributed by atoms with Crippen molar-refractivity contribution in [2.75, 3.05) is 26.2 Å². The monoisotopic (exact) mass is 407 g/mol. The Labute approximate surface area is 142 Å². The van der Waals surface area contributed by atoms with Gasteiger partial charge in [0.1, 0.15) is 5.82 Å². The van der Waals surface area contributed by atoms with Gasteiger partial charge in [-0.3, -0.25) is 4.99 Å². The van der Waals surface area contributed by atoms with Crippen molar-refractivity contribution in [1.82, 2.24) is 10.6 Å². The number of rotatable bonds is 6. The minimum absolute atomic E-state index is 0. The molecule has 0 spiro atoms. The van der Waals surface area contributed by atoms with E-state index < -0.39 is 0 Å². The molecule has 1 aliphatic carbocycles. The zero-order chi connectivity index (χ0) is 14.4. The van der Waals surface area contributed by atoms with Crippen LogP contribution >= 0.6 is 24.0 Å². The van der Waals surface area contributed by atoms with Gasteiger partial charge >= 0.3 is 0 Å². The van der Waals surface area contributed by atoms with Crippen LogP contribution in [-0.2, 0) is 5.41 Å². The molecule has 0 unspecified atom stereocenters. The van der Waals surface area contributed by atoms with Gasteiger partial charge in [0.25, 0.3) is 0 Å². The number of nitrogens with zero attached hydrogens (tertiary/aromatic N) is 1. The predicted octanol–water partition coefficient (Wildman–Crippen LogP) is 2.02. The van der Waals surface area contributed by atoms with Crippen LogP contribution in [0.1, 0.15) is 25.3 Å². The summed E-state index contributed by atoms with van der Waals surface area (Å²) < 4.78 is 13.9. The number of aliphatic imine (C=N–C) groups is 1. The molecule has 21 heavy (non-hydrogen) atoms. The summed E-state index contributed by atoms with van der Waals surface area (Å²) in [5.41, 5.74) is 0.620. The summed E-state index contributed by atoms with van der Waals surface area (Å²) in [6, 6.07) is 6.95. The number of benzene rings is 1. The Morgan fingerprint density at radius 3 is 2.62 bits per heavy atom. The van der Waals surface area contributed by atoms with Crippen LogP contribution in [0.4, 0.5) is 4.39 Å². The standard InChI is InChI=1S/C15H22FN3O.HI/c1-2-17-14(18-9-10-20)19-11-15(7-8-15)12-5-3-4-6-13(12)16;/h3-6,20H,2,7-11H2,1H3,(H2,17,18,19);1H. The number of aliphatic hydroxyl groups is 1. The maximum atomic E-state index is 13.9. The second kappa shape index (κ2) is 8.53. The van der Waals surface area contributed by atoms with E-state index in [0.29, 0.717) is 19.0 Å². The van der Waals surface area contributed by atoms with Crippen molar-refractivity contribution in [2.24, 2.45) is 4.99 Å². The van der Waals surface area contributed by atoms with Crippen LogP contribution < -0.4 is 10.6 Å². The van der Waals surface area contributed by atoms with Gasteiger partial charge in [-0.25, -0.2) is 4.39 Å². The highest BCUT2D eigenvalue weighted by atomic mass is 127. The van der Waals surface area contributed by atoms with Crippen molar-refractivity contribution in [3.05, 3.63) is 35.6 Å². The van der Waals surface area contributed by atoms with E-state index in [4.69, 9.17) is 5.11 Å². The number of aliphatic hydroxyl groups excluding tert-OH is 1. The maximum Gasteiger partial charge on any atom is 0.191 e. The number of guanidine groups is 1. The van der Waals surface area contributed by atoms with Crippen LogP contribution in [0.15, 0.2) is 29.3 Å². The highest BCUT2D eigenvalue weighted by molar-refractivity contribution is 14.0. The van der Waals surface area contributed by atoms with Gasteiger partial charge in [0, 0.05) is 18.5 Å². The number of hydrogen-bond donors (Lipinski definition) is 3. The quantitative estimate of drug-likeness (QED) is 0.384. The fraction of sp³-hybridized carbons (Fsp3) is 0.533. The Balaban J connectivity index is 0.00000220. The van der Waals surface area contributed by atoms with Crippen LogP contribution in [0.3, 0.4) is 0 Å². The number of hydrogen-bond acceptors (Lipinski definition) is 2. The number of halogens is 2. The van der Waals surface area contributed by atoms with E-state index in [-0.39, 0.29) is 41.8 Å². The maximum absolute atomic E-state index is 13.9. The van der Waals surface area contributed by atoms with Crippen LogP contribution in [0.2, 0.25) is 0 Å². The molecule has 0 amide bonds. The Hall–Kier alpha value is -0.890. The Morgan fingerprint density at radius 1 is 1.33 bits per heavy atom. The Bertz CT molecular complexity index is 478. The molecule has 0 aromatic heterocycles. The molecule has 6 heteroatoms. The SMILES string of the molecule is CCNC(=NCC1(c2ccccc2F)CC1)NCCO.I. The highest BCUT2D eigenvalue weighted by Gasteiger charge is 2.45. The van der Waals surface area contributed by atoms with E-state index >= 15 is 0 Å². The van der Waals surface area contributed by atoms with Gasteiger partial charge in [-0.05, 0) is 31.4 Å². The van der Waals surface area contributed by atoms with Gasteiger partial charge < -0.3 is 15.7 Å². The average molecular weight is 407 g/mol. The number of nitrogens with one attached hydrogen (secondary N) is 2. The summed E-state index contributed by atoms with van der Waals surface area (Å²) in [6.07, 6.45) is 1.94. The Morgan fingerprint density at radius 2 is 2.05 bits per heavy atom. The molecule has 0 atom stereocenters. The van der Waals surface area contributed by atoms with Crippen molar-refractivity contribution < 1.29 is 9.50 Å². The average Bonchev–Trinajstić information content (AvgIpc) is 3.23. The van der Waals surface area contributed by atoms with E-state index in [2.05, 4.69) is 15.6 Å². The summed E-state index contributed by atoms with van der Waals surface area (Å²) in [5.74, 6) is 0.526. The molecule has 0 bridgehead atoms. The normalized spacial score (nSPS) is 16.0. The van der Waals surface area contributed by atoms with E-state index in [1.807, 2.05) is 19.1 Å². The summed E-state index contributed by atoms with van der Waals surface area (Å²) >= 11 is 0. The van der Waals surface area contributed by atoms with Crippen molar-refractivity contribution in [1.29, 1.82) is 0 Å². The topological polar surface area (TPSA) is 56.7 Å². The molecule has 1 aliphatic rings. The lowest BCUT2D eigenvalue weighted by Crippen LogP contribution is -2.39. The lowest BCUT2D eigenvalue weighted by molar-refractivity contribution is 0.300. The fourth-order valence-corrected chi connectivity index (χ4v) is 2.30. The second-order valence-electron chi connectivity index (χ2n) is 5.11. The third-order valence-electron chi connectivity index (χ3n) is 3.59. The summed E-state index contributed by atoms with van der Waals surface area (Å²) in [6.45, 7) is 3.82. The first-order valence-corrected chi connectivity index (χ1v) is 7.10. The molecular formula is C15H23FIN3O. The van der Waals surface area contributed by atoms with Crippen LogP contribution in [0.5, 0.6) is 0 Å². The molecule has 0 aliphatic heterocycles. The summed E-state index contributed by atoms with van der Waals surface area (Å²) in [5, 5.41) is 15.0. The third kappa shape index (κ3) is 4.81. The minimum Gasteiger partial charge on any atom is -0.395 e. The Kier molecular flexibility index (Phi) is 7.37. The smallest absolute Gasteiger partial charge is 0.191 e. The zero-order valence-electron chi connectivity index (χ0n) is 12.2. The molecule has 1 aromatic carbocycles. The molecule has 3 N–H and O–H groups in total. The van der Waals surface area contributed by atoms with Gasteiger partial charge in [-0.1, -0.05) is 18.2 Å². The highest BCUT2D eigenvalue weighted by Crippen LogP contribution is 2.49. The summed E-state index contributed by atoms with van der Waals surface area (Å²) in [7, 11) is 0. The molecule has 1 fully saturated rings. The van der Waals surface area contributed by atoms with E-state index in [9.17, 15) is 4.39 Å². The molecule has 2 rings (SSSR count). The van der Waals surface area contributed by atoms with Crippen LogP contribution in [0.25, 0.3) is 0 Å². The molecule has 0 saturated heterocycles. The van der Waals surface area contributed by atoms with E-state index in [1.54, 1.807) is 6.07 Å². The molecule has 1 saturated carbocycles. The first kappa shape index (κ1) is 18.2. The molecule has 0 radical (unpaired) electrons. The van der Waals surface area contributed by atoms with Gasteiger partial charge in [-0.2, -0.15) is 0 Å². The largest absolute Gasteiger partial charge is 0.395 e. The summed E-state index contributed by atoms with van der Waals surface area (Å²) in [4.78, 5) is 4.52. The molecule has 118 valence electrons. The lowest BCUT2D eigenvalue weighted by atomic mass is 9.95. The first-order chi connectivity index (χ1) is 9.72. The van der Waals surface area contributed by atoms with Crippen molar-refractivity contribution in [3.8, 4) is 0 Å². The van der Waals surface area contributed by atoms with Gasteiger partial charge in [0.15, 0.2) is 5.96 Å². The van der Waals surface area contributed by atoms with Gasteiger partial charge in [0.05, 0.1) is 13.2 Å². The molecular weight excluding hydrogens is 384 g/mol. The fourth-order valence-electron chi connectivity index (χ4n) is 2.30. The van der Waals surface area contributed by atoms with Gasteiger partial charge in [0.2, 0.25) is 0 Å². The molecule has 1 aromatic rings. The zero-order valence-corrected chi connectivity index (χ0v) is 14.6. The molecule has 0 heterocycles. The lowest BCUT2D eigenvalue weighted by Gasteiger charge is -2.16. The second-order valence-corrected chi connectivity index (χ2v) is 5.11. The van der Waals surface area contributed by atoms with Gasteiger partial charge in [-0.15, -0.1) is 24.0 Å². The third-order valence-corrected chi connectivity index (χ3v) is 3.59. The van der Waals surface area contributed by atoms with E-state index in [0.717, 1.165) is 24.9 Å². The van der Waals surface area contributed by atoms with Crippen LogP contribution in [-0.4, -0.2) is 37.3 Å². The van der Waals surface area contributed by atoms with Crippen molar-refractivity contribution >= 4 is 29.9 Å². The predicted molar refractivity (Wildman–Crippen MR) is 93.8 cm³/mol. The van der Waals surface area contributed by atoms with E-state index in [1.165, 1.54) is 6.07 Å². The van der Waals surface area contributed by atoms with Crippen molar-refractivity contribution in [2.45, 2.75) is 25.2 Å². The first-order valence-electron chi connectivity index (χ1n) is 7.10. The van der Waals surface area contributed by atoms with Crippen molar-refractivity contribution in [3.63, 3.8) is 0 Å². The van der Waals surface area contributed by atoms with Crippen LogP contribution in [0, 0.1) is 5.82 Å². The molecule has 4 nitrogen and oxygen atoms in total.